The monoisotopic (exact) mass is 312 g/mol. The summed E-state index contributed by atoms with van der Waals surface area (Å²) in [4.78, 5) is 26.8. The maximum absolute atomic E-state index is 13.5. The Hall–Kier alpha value is -2.02. The third-order valence-electron chi connectivity index (χ3n) is 3.66. The van der Waals surface area contributed by atoms with Crippen LogP contribution in [0.25, 0.3) is 0 Å². The molecule has 22 heavy (non-hydrogen) atoms. The fourth-order valence-corrected chi connectivity index (χ4v) is 2.38. The van der Waals surface area contributed by atoms with E-state index in [4.69, 9.17) is 0 Å². The predicted octanol–water partition coefficient (Wildman–Crippen LogP) is 0.559. The molecule has 2 rings (SSSR count). The van der Waals surface area contributed by atoms with Gasteiger partial charge in [-0.3, -0.25) is 9.59 Å². The summed E-state index contributed by atoms with van der Waals surface area (Å²) in [5.74, 6) is -2.05. The molecule has 1 aromatic rings. The molecule has 1 unspecified atom stereocenters. The van der Waals surface area contributed by atoms with Gasteiger partial charge in [-0.25, -0.2) is 8.78 Å². The van der Waals surface area contributed by atoms with Gasteiger partial charge in [-0.2, -0.15) is 0 Å². The molecule has 2 amide bonds. The Bertz CT molecular complexity index is 570. The Labute approximate surface area is 127 Å². The van der Waals surface area contributed by atoms with Crippen LogP contribution >= 0.6 is 0 Å². The van der Waals surface area contributed by atoms with Gasteiger partial charge in [-0.1, -0.05) is 6.07 Å². The van der Waals surface area contributed by atoms with E-state index in [1.54, 1.807) is 0 Å². The van der Waals surface area contributed by atoms with Crippen molar-refractivity contribution in [3.05, 3.63) is 35.4 Å². The van der Waals surface area contributed by atoms with Crippen LogP contribution in [0.2, 0.25) is 0 Å². The lowest BCUT2D eigenvalue weighted by molar-refractivity contribution is -0.144. The van der Waals surface area contributed by atoms with Gasteiger partial charge in [0.05, 0.1) is 6.42 Å². The summed E-state index contributed by atoms with van der Waals surface area (Å²) < 4.78 is 26.4. The number of carbonyl (C=O) groups excluding carboxylic acids is 2. The number of benzene rings is 1. The highest BCUT2D eigenvalue weighted by Crippen LogP contribution is 2.13. The molecule has 120 valence electrons. The van der Waals surface area contributed by atoms with Crippen LogP contribution in [0.1, 0.15) is 12.5 Å². The molecule has 1 heterocycles. The minimum atomic E-state index is -1.06. The molecule has 7 heteroatoms. The molecule has 1 fully saturated rings. The number of rotatable bonds is 3. The summed E-state index contributed by atoms with van der Waals surface area (Å²) in [6.45, 7) is 2.74. The van der Waals surface area contributed by atoms with E-state index >= 15 is 0 Å². The smallest absolute Gasteiger partial charge is 0.251 e. The van der Waals surface area contributed by atoms with E-state index in [0.29, 0.717) is 26.2 Å². The second kappa shape index (κ2) is 6.83. The highest BCUT2D eigenvalue weighted by molar-refractivity contribution is 5.81. The zero-order chi connectivity index (χ0) is 16.3. The Morgan fingerprint density at radius 3 is 2.32 bits per heavy atom. The van der Waals surface area contributed by atoms with Crippen LogP contribution in [0, 0.1) is 11.6 Å². The summed E-state index contributed by atoms with van der Waals surface area (Å²) in [6.07, 6.45) is -1.20. The molecule has 1 saturated heterocycles. The molecule has 0 radical (unpaired) electrons. The van der Waals surface area contributed by atoms with Gasteiger partial charge >= 0.3 is 0 Å². The molecular formula is C15H18F2N2O3. The van der Waals surface area contributed by atoms with E-state index < -0.39 is 17.7 Å². The average Bonchev–Trinajstić information content (AvgIpc) is 2.49. The topological polar surface area (TPSA) is 60.9 Å². The van der Waals surface area contributed by atoms with Crippen molar-refractivity contribution >= 4 is 11.8 Å². The van der Waals surface area contributed by atoms with Crippen molar-refractivity contribution in [2.75, 3.05) is 26.2 Å². The first-order valence-corrected chi connectivity index (χ1v) is 7.07. The first-order valence-electron chi connectivity index (χ1n) is 7.07. The van der Waals surface area contributed by atoms with Crippen molar-refractivity contribution in [1.82, 2.24) is 9.80 Å². The molecule has 1 aliphatic rings. The van der Waals surface area contributed by atoms with Crippen molar-refractivity contribution in [3.63, 3.8) is 0 Å². The highest BCUT2D eigenvalue weighted by atomic mass is 19.1. The van der Waals surface area contributed by atoms with E-state index in [0.717, 1.165) is 12.1 Å². The highest BCUT2D eigenvalue weighted by Gasteiger charge is 2.26. The first-order chi connectivity index (χ1) is 10.4. The minimum Gasteiger partial charge on any atom is -0.384 e. The summed E-state index contributed by atoms with van der Waals surface area (Å²) in [5, 5.41) is 9.25. The fraction of sp³-hybridized carbons (Fsp3) is 0.467. The SMILES string of the molecule is CC(O)C(=O)N1CCN(C(=O)Cc2ccc(F)cc2F)CC1. The number of aliphatic hydroxyl groups is 1. The van der Waals surface area contributed by atoms with Crippen LogP contribution in [0.5, 0.6) is 0 Å². The molecule has 0 spiro atoms. The van der Waals surface area contributed by atoms with Crippen molar-refractivity contribution in [3.8, 4) is 0 Å². The third kappa shape index (κ3) is 3.79. The Morgan fingerprint density at radius 1 is 1.18 bits per heavy atom. The van der Waals surface area contributed by atoms with Gasteiger partial charge in [0.2, 0.25) is 5.91 Å². The number of halogens is 2. The van der Waals surface area contributed by atoms with Gasteiger partial charge in [-0.15, -0.1) is 0 Å². The molecule has 0 saturated carbocycles. The zero-order valence-corrected chi connectivity index (χ0v) is 12.3. The molecule has 1 N–H and O–H groups in total. The maximum atomic E-state index is 13.5. The number of nitrogens with zero attached hydrogens (tertiary/aromatic N) is 2. The van der Waals surface area contributed by atoms with Crippen molar-refractivity contribution < 1.29 is 23.5 Å². The third-order valence-corrected chi connectivity index (χ3v) is 3.66. The fourth-order valence-electron chi connectivity index (χ4n) is 2.38. The van der Waals surface area contributed by atoms with E-state index in [-0.39, 0.29) is 23.8 Å². The van der Waals surface area contributed by atoms with Gasteiger partial charge in [0.15, 0.2) is 0 Å². The lowest BCUT2D eigenvalue weighted by atomic mass is 10.1. The summed E-state index contributed by atoms with van der Waals surface area (Å²) in [6, 6.07) is 3.13. The number of aliphatic hydroxyl groups excluding tert-OH is 1. The summed E-state index contributed by atoms with van der Waals surface area (Å²) in [5.41, 5.74) is 0.147. The second-order valence-corrected chi connectivity index (χ2v) is 5.29. The number of carbonyl (C=O) groups is 2. The number of amides is 2. The molecule has 0 bridgehead atoms. The van der Waals surface area contributed by atoms with E-state index in [1.165, 1.54) is 22.8 Å². The maximum Gasteiger partial charge on any atom is 0.251 e. The van der Waals surface area contributed by atoms with Gasteiger partial charge in [-0.05, 0) is 18.6 Å². The molecule has 1 aliphatic heterocycles. The van der Waals surface area contributed by atoms with Crippen LogP contribution in [-0.2, 0) is 16.0 Å². The molecule has 1 aromatic carbocycles. The van der Waals surface area contributed by atoms with Crippen molar-refractivity contribution in [2.24, 2.45) is 0 Å². The molecule has 0 aromatic heterocycles. The molecule has 1 atom stereocenters. The Morgan fingerprint density at radius 2 is 1.77 bits per heavy atom. The number of hydrogen-bond donors (Lipinski definition) is 1. The van der Waals surface area contributed by atoms with Crippen LogP contribution in [0.4, 0.5) is 8.78 Å². The molecular weight excluding hydrogens is 294 g/mol. The number of hydrogen-bond acceptors (Lipinski definition) is 3. The van der Waals surface area contributed by atoms with E-state index in [2.05, 4.69) is 0 Å². The summed E-state index contributed by atoms with van der Waals surface area (Å²) in [7, 11) is 0. The number of piperazine rings is 1. The predicted molar refractivity (Wildman–Crippen MR) is 74.9 cm³/mol. The first kappa shape index (κ1) is 16.4. The minimum absolute atomic E-state index is 0.142. The van der Waals surface area contributed by atoms with Gasteiger partial charge in [0, 0.05) is 32.2 Å². The van der Waals surface area contributed by atoms with E-state index in [1.807, 2.05) is 0 Å². The van der Waals surface area contributed by atoms with Gasteiger partial charge in [0.25, 0.3) is 5.91 Å². The van der Waals surface area contributed by atoms with Crippen molar-refractivity contribution in [1.29, 1.82) is 0 Å². The lowest BCUT2D eigenvalue weighted by Crippen LogP contribution is -2.52. The van der Waals surface area contributed by atoms with Crippen LogP contribution in [0.15, 0.2) is 18.2 Å². The second-order valence-electron chi connectivity index (χ2n) is 5.29. The van der Waals surface area contributed by atoms with Gasteiger partial charge < -0.3 is 14.9 Å². The van der Waals surface area contributed by atoms with Crippen LogP contribution < -0.4 is 0 Å². The Balaban J connectivity index is 1.91. The average molecular weight is 312 g/mol. The van der Waals surface area contributed by atoms with Crippen LogP contribution in [-0.4, -0.2) is 59.0 Å². The quantitative estimate of drug-likeness (QED) is 0.887. The largest absolute Gasteiger partial charge is 0.384 e. The molecule has 0 aliphatic carbocycles. The zero-order valence-electron chi connectivity index (χ0n) is 12.3. The van der Waals surface area contributed by atoms with Gasteiger partial charge in [0.1, 0.15) is 17.7 Å². The lowest BCUT2D eigenvalue weighted by Gasteiger charge is -2.35. The van der Waals surface area contributed by atoms with E-state index in [9.17, 15) is 23.5 Å². The van der Waals surface area contributed by atoms with Crippen LogP contribution in [0.3, 0.4) is 0 Å². The van der Waals surface area contributed by atoms with Crippen molar-refractivity contribution in [2.45, 2.75) is 19.4 Å². The standard InChI is InChI=1S/C15H18F2N2O3/c1-10(20)15(22)19-6-4-18(5-7-19)14(21)8-11-2-3-12(16)9-13(11)17/h2-3,9-10,20H,4-8H2,1H3. The molecule has 5 nitrogen and oxygen atoms in total. The Kier molecular flexibility index (Phi) is 5.07. The summed E-state index contributed by atoms with van der Waals surface area (Å²) >= 11 is 0. The normalized spacial score (nSPS) is 16.5.